The summed E-state index contributed by atoms with van der Waals surface area (Å²) in [6, 6.07) is 8.13. The molecule has 19 heavy (non-hydrogen) atoms. The average Bonchev–Trinajstić information content (AvgIpc) is 2.63. The van der Waals surface area contributed by atoms with E-state index in [0.717, 1.165) is 62.5 Å². The van der Waals surface area contributed by atoms with Gasteiger partial charge in [0, 0.05) is 30.9 Å². The highest BCUT2D eigenvalue weighted by Crippen LogP contribution is 2.26. The first-order valence-corrected chi connectivity index (χ1v) is 7.00. The van der Waals surface area contributed by atoms with E-state index >= 15 is 0 Å². The number of hydrogen-bond acceptors (Lipinski definition) is 4. The highest BCUT2D eigenvalue weighted by molar-refractivity contribution is 6.05. The molecule has 0 amide bonds. The van der Waals surface area contributed by atoms with Crippen molar-refractivity contribution in [3.8, 4) is 0 Å². The minimum absolute atomic E-state index is 0.744. The van der Waals surface area contributed by atoms with Gasteiger partial charge in [-0.15, -0.1) is 0 Å². The number of para-hydroxylation sites is 1. The molecule has 104 valence electrons. The summed E-state index contributed by atoms with van der Waals surface area (Å²) in [6.45, 7) is 5.54. The second kappa shape index (κ2) is 7.14. The Labute approximate surface area is 114 Å². The lowest BCUT2D eigenvalue weighted by Crippen LogP contribution is -2.28. The van der Waals surface area contributed by atoms with E-state index in [1.807, 2.05) is 18.2 Å². The summed E-state index contributed by atoms with van der Waals surface area (Å²) in [5.74, 6) is 0. The van der Waals surface area contributed by atoms with Crippen LogP contribution in [0.3, 0.4) is 0 Å². The zero-order chi connectivity index (χ0) is 13.5. The van der Waals surface area contributed by atoms with Crippen molar-refractivity contribution in [1.29, 1.82) is 0 Å². The SMILES string of the molecule is CCCOCCN1CCC/C(=N/O)c2ccccc21. The van der Waals surface area contributed by atoms with Gasteiger partial charge in [-0.2, -0.15) is 0 Å². The molecule has 1 heterocycles. The van der Waals surface area contributed by atoms with Crippen molar-refractivity contribution in [1.82, 2.24) is 0 Å². The van der Waals surface area contributed by atoms with Crippen LogP contribution < -0.4 is 4.90 Å². The Balaban J connectivity index is 2.12. The monoisotopic (exact) mass is 262 g/mol. The van der Waals surface area contributed by atoms with E-state index in [4.69, 9.17) is 9.94 Å². The van der Waals surface area contributed by atoms with Crippen molar-refractivity contribution in [3.63, 3.8) is 0 Å². The van der Waals surface area contributed by atoms with Crippen LogP contribution >= 0.6 is 0 Å². The van der Waals surface area contributed by atoms with Gasteiger partial charge >= 0.3 is 0 Å². The van der Waals surface area contributed by atoms with Crippen molar-refractivity contribution < 1.29 is 9.94 Å². The summed E-state index contributed by atoms with van der Waals surface area (Å²) in [7, 11) is 0. The van der Waals surface area contributed by atoms with Gasteiger partial charge in [0.05, 0.1) is 12.3 Å². The molecular weight excluding hydrogens is 240 g/mol. The molecule has 1 aromatic rings. The first-order chi connectivity index (χ1) is 9.36. The highest BCUT2D eigenvalue weighted by Gasteiger charge is 2.19. The lowest BCUT2D eigenvalue weighted by Gasteiger charge is -2.24. The van der Waals surface area contributed by atoms with E-state index in [9.17, 15) is 0 Å². The van der Waals surface area contributed by atoms with Crippen molar-refractivity contribution >= 4 is 11.4 Å². The third-order valence-electron chi connectivity index (χ3n) is 3.37. The van der Waals surface area contributed by atoms with E-state index in [-0.39, 0.29) is 0 Å². The van der Waals surface area contributed by atoms with Crippen LogP contribution in [0.1, 0.15) is 31.7 Å². The number of hydrogen-bond donors (Lipinski definition) is 1. The molecule has 4 nitrogen and oxygen atoms in total. The molecule has 0 spiro atoms. The number of fused-ring (bicyclic) bond motifs is 1. The zero-order valence-corrected chi connectivity index (χ0v) is 11.5. The molecule has 0 saturated heterocycles. The van der Waals surface area contributed by atoms with Gasteiger partial charge in [-0.1, -0.05) is 30.3 Å². The van der Waals surface area contributed by atoms with E-state index in [0.29, 0.717) is 0 Å². The molecule has 0 fully saturated rings. The van der Waals surface area contributed by atoms with Crippen LogP contribution in [-0.2, 0) is 4.74 Å². The molecule has 0 aromatic heterocycles. The van der Waals surface area contributed by atoms with E-state index in [1.54, 1.807) is 0 Å². The van der Waals surface area contributed by atoms with Gasteiger partial charge in [-0.3, -0.25) is 0 Å². The van der Waals surface area contributed by atoms with Crippen molar-refractivity contribution in [2.24, 2.45) is 5.16 Å². The van der Waals surface area contributed by atoms with Crippen LogP contribution in [0.4, 0.5) is 5.69 Å². The minimum atomic E-state index is 0.744. The second-order valence-electron chi connectivity index (χ2n) is 4.77. The number of nitrogens with zero attached hydrogens (tertiary/aromatic N) is 2. The molecule has 1 aliphatic heterocycles. The molecular formula is C15H22N2O2. The smallest absolute Gasteiger partial charge is 0.0889 e. The maximum absolute atomic E-state index is 9.14. The van der Waals surface area contributed by atoms with E-state index < -0.39 is 0 Å². The lowest BCUT2D eigenvalue weighted by molar-refractivity contribution is 0.141. The van der Waals surface area contributed by atoms with Gasteiger partial charge in [-0.05, 0) is 25.3 Å². The fraction of sp³-hybridized carbons (Fsp3) is 0.533. The summed E-state index contributed by atoms with van der Waals surface area (Å²) in [5.41, 5.74) is 2.97. The van der Waals surface area contributed by atoms with Crippen LogP contribution in [0, 0.1) is 0 Å². The fourth-order valence-corrected chi connectivity index (χ4v) is 2.44. The van der Waals surface area contributed by atoms with Crippen molar-refractivity contribution in [2.45, 2.75) is 26.2 Å². The maximum Gasteiger partial charge on any atom is 0.0889 e. The van der Waals surface area contributed by atoms with Gasteiger partial charge < -0.3 is 14.8 Å². The molecule has 4 heteroatoms. The Morgan fingerprint density at radius 1 is 1.32 bits per heavy atom. The van der Waals surface area contributed by atoms with Crippen molar-refractivity contribution in [2.75, 3.05) is 31.2 Å². The largest absolute Gasteiger partial charge is 0.411 e. The van der Waals surface area contributed by atoms with Crippen LogP contribution in [0.15, 0.2) is 29.4 Å². The molecule has 0 radical (unpaired) electrons. The van der Waals surface area contributed by atoms with Crippen LogP contribution in [-0.4, -0.2) is 37.2 Å². The number of benzene rings is 1. The van der Waals surface area contributed by atoms with Crippen LogP contribution in [0.5, 0.6) is 0 Å². The average molecular weight is 262 g/mol. The fourth-order valence-electron chi connectivity index (χ4n) is 2.44. The third kappa shape index (κ3) is 3.47. The standard InChI is InChI=1S/C15H22N2O2/c1-2-11-19-12-10-17-9-5-7-14(16-18)13-6-3-4-8-15(13)17/h3-4,6,8,18H,2,5,7,9-12H2,1H3/b16-14-. The van der Waals surface area contributed by atoms with E-state index in [2.05, 4.69) is 23.0 Å². The normalized spacial score (nSPS) is 17.3. The van der Waals surface area contributed by atoms with Gasteiger partial charge in [-0.25, -0.2) is 0 Å². The van der Waals surface area contributed by atoms with Crippen LogP contribution in [0.2, 0.25) is 0 Å². The Morgan fingerprint density at radius 2 is 2.16 bits per heavy atom. The zero-order valence-electron chi connectivity index (χ0n) is 11.5. The molecule has 1 aliphatic rings. The van der Waals surface area contributed by atoms with Gasteiger partial charge in [0.15, 0.2) is 0 Å². The summed E-state index contributed by atoms with van der Waals surface area (Å²) < 4.78 is 5.57. The molecule has 1 N–H and O–H groups in total. The summed E-state index contributed by atoms with van der Waals surface area (Å²) in [4.78, 5) is 2.32. The molecule has 1 aromatic carbocycles. The summed E-state index contributed by atoms with van der Waals surface area (Å²) in [5, 5.41) is 12.6. The molecule has 0 aliphatic carbocycles. The molecule has 0 atom stereocenters. The second-order valence-corrected chi connectivity index (χ2v) is 4.77. The Hall–Kier alpha value is -1.55. The number of ether oxygens (including phenoxy) is 1. The Bertz CT molecular complexity index is 432. The number of anilines is 1. The highest BCUT2D eigenvalue weighted by atomic mass is 16.5. The molecule has 0 saturated carbocycles. The Kier molecular flexibility index (Phi) is 5.21. The summed E-state index contributed by atoms with van der Waals surface area (Å²) in [6.07, 6.45) is 2.87. The number of oxime groups is 1. The predicted molar refractivity (Wildman–Crippen MR) is 77.3 cm³/mol. The van der Waals surface area contributed by atoms with Crippen LogP contribution in [0.25, 0.3) is 0 Å². The lowest BCUT2D eigenvalue weighted by atomic mass is 10.1. The minimum Gasteiger partial charge on any atom is -0.411 e. The third-order valence-corrected chi connectivity index (χ3v) is 3.37. The van der Waals surface area contributed by atoms with Gasteiger partial charge in [0.2, 0.25) is 0 Å². The van der Waals surface area contributed by atoms with Crippen molar-refractivity contribution in [3.05, 3.63) is 29.8 Å². The van der Waals surface area contributed by atoms with Gasteiger partial charge in [0.1, 0.15) is 0 Å². The van der Waals surface area contributed by atoms with Gasteiger partial charge in [0.25, 0.3) is 0 Å². The summed E-state index contributed by atoms with van der Waals surface area (Å²) >= 11 is 0. The quantitative estimate of drug-likeness (QED) is 0.504. The first-order valence-electron chi connectivity index (χ1n) is 7.00. The topological polar surface area (TPSA) is 45.1 Å². The molecule has 2 rings (SSSR count). The maximum atomic E-state index is 9.14. The molecule has 0 unspecified atom stereocenters. The Morgan fingerprint density at radius 3 is 2.95 bits per heavy atom. The first kappa shape index (κ1) is 13.9. The predicted octanol–water partition coefficient (Wildman–Crippen LogP) is 2.89. The number of rotatable bonds is 5. The van der Waals surface area contributed by atoms with E-state index in [1.165, 1.54) is 0 Å². The molecule has 0 bridgehead atoms.